The van der Waals surface area contributed by atoms with Gasteiger partial charge in [0.2, 0.25) is 5.91 Å². The summed E-state index contributed by atoms with van der Waals surface area (Å²) in [6.45, 7) is 3.09. The molecule has 4 nitrogen and oxygen atoms in total. The molecule has 1 aliphatic rings. The number of halogens is 3. The van der Waals surface area contributed by atoms with E-state index in [1.165, 1.54) is 17.8 Å². The number of hydrogen-bond acceptors (Lipinski definition) is 4. The van der Waals surface area contributed by atoms with Gasteiger partial charge in [0.25, 0.3) is 0 Å². The molecule has 1 amide bonds. The fourth-order valence-electron chi connectivity index (χ4n) is 3.73. The van der Waals surface area contributed by atoms with Crippen molar-refractivity contribution in [2.45, 2.75) is 19.2 Å². The second kappa shape index (κ2) is 9.65. The third-order valence-corrected chi connectivity index (χ3v) is 6.57. The fraction of sp³-hybridized carbons (Fsp3) is 0.292. The molecule has 0 spiro atoms. The fourth-order valence-corrected chi connectivity index (χ4v) is 4.74. The van der Waals surface area contributed by atoms with Gasteiger partial charge >= 0.3 is 6.36 Å². The molecule has 0 saturated carbocycles. The lowest BCUT2D eigenvalue weighted by atomic mass is 10.2. The molecule has 1 fully saturated rings. The van der Waals surface area contributed by atoms with Gasteiger partial charge in [-0.1, -0.05) is 18.2 Å². The summed E-state index contributed by atoms with van der Waals surface area (Å²) in [6.07, 6.45) is -3.60. The van der Waals surface area contributed by atoms with E-state index in [0.29, 0.717) is 12.8 Å². The number of hydrogen-bond donors (Lipinski definition) is 0. The molecule has 0 unspecified atom stereocenters. The Morgan fingerprint density at radius 1 is 0.906 bits per heavy atom. The predicted molar refractivity (Wildman–Crippen MR) is 120 cm³/mol. The molecule has 168 valence electrons. The quantitative estimate of drug-likeness (QED) is 0.480. The van der Waals surface area contributed by atoms with E-state index in [1.54, 1.807) is 23.5 Å². The Kier molecular flexibility index (Phi) is 6.69. The van der Waals surface area contributed by atoms with E-state index in [0.717, 1.165) is 41.5 Å². The van der Waals surface area contributed by atoms with E-state index in [4.69, 9.17) is 0 Å². The largest absolute Gasteiger partial charge is 0.573 e. The minimum atomic E-state index is -4.70. The number of para-hydroxylation sites is 1. The molecule has 0 aliphatic carbocycles. The Morgan fingerprint density at radius 2 is 1.59 bits per heavy atom. The summed E-state index contributed by atoms with van der Waals surface area (Å²) >= 11 is 1.55. The highest BCUT2D eigenvalue weighted by molar-refractivity contribution is 7.15. The van der Waals surface area contributed by atoms with E-state index < -0.39 is 6.36 Å². The molecule has 1 aliphatic heterocycles. The molecule has 8 heteroatoms. The number of carbonyl (C=O) groups excluding carboxylic acids is 1. The van der Waals surface area contributed by atoms with Gasteiger partial charge in [-0.2, -0.15) is 0 Å². The lowest BCUT2D eigenvalue weighted by Crippen LogP contribution is -2.48. The molecular formula is C24H23F3N2O2S. The minimum absolute atomic E-state index is 0.154. The normalized spacial score (nSPS) is 14.5. The maximum atomic E-state index is 12.6. The smallest absolute Gasteiger partial charge is 0.406 e. The van der Waals surface area contributed by atoms with Crippen molar-refractivity contribution in [3.8, 4) is 16.2 Å². The molecule has 2 heterocycles. The van der Waals surface area contributed by atoms with E-state index in [2.05, 4.69) is 21.8 Å². The average Bonchev–Trinajstić information content (AvgIpc) is 3.27. The highest BCUT2D eigenvalue weighted by Crippen LogP contribution is 2.31. The molecule has 0 N–H and O–H groups in total. The summed E-state index contributed by atoms with van der Waals surface area (Å²) in [4.78, 5) is 18.9. The van der Waals surface area contributed by atoms with E-state index in [1.807, 2.05) is 35.2 Å². The van der Waals surface area contributed by atoms with Crippen LogP contribution in [0.3, 0.4) is 0 Å². The zero-order valence-electron chi connectivity index (χ0n) is 17.3. The Morgan fingerprint density at radius 3 is 2.25 bits per heavy atom. The van der Waals surface area contributed by atoms with Gasteiger partial charge in [0, 0.05) is 48.0 Å². The van der Waals surface area contributed by atoms with Crippen molar-refractivity contribution in [2.24, 2.45) is 0 Å². The first kappa shape index (κ1) is 22.2. The number of rotatable bonds is 6. The molecule has 2 aromatic carbocycles. The van der Waals surface area contributed by atoms with Gasteiger partial charge in [-0.15, -0.1) is 24.5 Å². The number of amides is 1. The summed E-state index contributed by atoms with van der Waals surface area (Å²) in [5.74, 6) is -0.0858. The number of aryl methyl sites for hydroxylation is 1. The SMILES string of the molecule is O=C(CCc1ccc(-c2ccc(OC(F)(F)F)cc2)s1)N1CCN(c2ccccc2)CC1. The van der Waals surface area contributed by atoms with Crippen molar-refractivity contribution in [2.75, 3.05) is 31.1 Å². The molecule has 32 heavy (non-hydrogen) atoms. The Hall–Kier alpha value is -3.00. The van der Waals surface area contributed by atoms with Crippen LogP contribution in [0.5, 0.6) is 5.75 Å². The van der Waals surface area contributed by atoms with E-state index in [9.17, 15) is 18.0 Å². The molecule has 0 atom stereocenters. The lowest BCUT2D eigenvalue weighted by Gasteiger charge is -2.36. The summed E-state index contributed by atoms with van der Waals surface area (Å²) in [6, 6.07) is 19.9. The topological polar surface area (TPSA) is 32.8 Å². The first-order chi connectivity index (χ1) is 15.4. The first-order valence-corrected chi connectivity index (χ1v) is 11.2. The lowest BCUT2D eigenvalue weighted by molar-refractivity contribution is -0.274. The molecule has 0 radical (unpaired) electrons. The molecule has 1 aromatic heterocycles. The number of carbonyl (C=O) groups is 1. The summed E-state index contributed by atoms with van der Waals surface area (Å²) in [5, 5.41) is 0. The Bertz CT molecular complexity index is 1030. The number of alkyl halides is 3. The second-order valence-electron chi connectivity index (χ2n) is 7.54. The molecule has 4 rings (SSSR count). The van der Waals surface area contributed by atoms with Gasteiger partial charge in [-0.3, -0.25) is 4.79 Å². The van der Waals surface area contributed by atoms with Gasteiger partial charge in [0.05, 0.1) is 0 Å². The minimum Gasteiger partial charge on any atom is -0.406 e. The molecule has 1 saturated heterocycles. The van der Waals surface area contributed by atoms with Crippen LogP contribution in [0.2, 0.25) is 0 Å². The predicted octanol–water partition coefficient (Wildman–Crippen LogP) is 5.60. The molecule has 0 bridgehead atoms. The number of benzene rings is 2. The summed E-state index contributed by atoms with van der Waals surface area (Å²) in [5.41, 5.74) is 2.00. The second-order valence-corrected chi connectivity index (χ2v) is 8.71. The molecular weight excluding hydrogens is 437 g/mol. The van der Waals surface area contributed by atoms with Crippen molar-refractivity contribution < 1.29 is 22.7 Å². The monoisotopic (exact) mass is 460 g/mol. The number of anilines is 1. The maximum absolute atomic E-state index is 12.6. The van der Waals surface area contributed by atoms with Crippen LogP contribution >= 0.6 is 11.3 Å². The standard InChI is InChI=1S/C24H23F3N2O2S/c25-24(26,27)31-20-8-6-18(7-9-20)22-12-10-21(32-22)11-13-23(30)29-16-14-28(15-17-29)19-4-2-1-3-5-19/h1-10,12H,11,13-17H2. The number of ether oxygens (including phenoxy) is 1. The van der Waals surface area contributed by atoms with Gasteiger partial charge in [-0.05, 0) is 60.5 Å². The number of thiophene rings is 1. The van der Waals surface area contributed by atoms with Crippen LogP contribution < -0.4 is 9.64 Å². The van der Waals surface area contributed by atoms with Crippen molar-refractivity contribution in [3.63, 3.8) is 0 Å². The van der Waals surface area contributed by atoms with Gasteiger partial charge < -0.3 is 14.5 Å². The zero-order chi connectivity index (χ0) is 22.6. The summed E-state index contributed by atoms with van der Waals surface area (Å²) < 4.78 is 40.8. The van der Waals surface area contributed by atoms with Gasteiger partial charge in [-0.25, -0.2) is 0 Å². The van der Waals surface area contributed by atoms with Crippen LogP contribution in [-0.4, -0.2) is 43.3 Å². The van der Waals surface area contributed by atoms with Crippen LogP contribution in [0.15, 0.2) is 66.7 Å². The van der Waals surface area contributed by atoms with Crippen LogP contribution in [-0.2, 0) is 11.2 Å². The van der Waals surface area contributed by atoms with Gasteiger partial charge in [0.15, 0.2) is 0 Å². The van der Waals surface area contributed by atoms with Crippen molar-refractivity contribution in [1.82, 2.24) is 4.90 Å². The van der Waals surface area contributed by atoms with Gasteiger partial charge in [0.1, 0.15) is 5.75 Å². The van der Waals surface area contributed by atoms with Crippen LogP contribution in [0, 0.1) is 0 Å². The maximum Gasteiger partial charge on any atom is 0.573 e. The van der Waals surface area contributed by atoms with Crippen molar-refractivity contribution >= 4 is 22.9 Å². The first-order valence-electron chi connectivity index (χ1n) is 10.4. The van der Waals surface area contributed by atoms with Crippen LogP contribution in [0.4, 0.5) is 18.9 Å². The highest BCUT2D eigenvalue weighted by Gasteiger charge is 2.31. The van der Waals surface area contributed by atoms with Crippen LogP contribution in [0.1, 0.15) is 11.3 Å². The molecule has 3 aromatic rings. The van der Waals surface area contributed by atoms with E-state index in [-0.39, 0.29) is 11.7 Å². The van der Waals surface area contributed by atoms with Crippen molar-refractivity contribution in [1.29, 1.82) is 0 Å². The summed E-state index contributed by atoms with van der Waals surface area (Å²) in [7, 11) is 0. The number of nitrogens with zero attached hydrogens (tertiary/aromatic N) is 2. The third kappa shape index (κ3) is 5.82. The highest BCUT2D eigenvalue weighted by atomic mass is 32.1. The van der Waals surface area contributed by atoms with E-state index >= 15 is 0 Å². The van der Waals surface area contributed by atoms with Crippen molar-refractivity contribution in [3.05, 3.63) is 71.6 Å². The zero-order valence-corrected chi connectivity index (χ0v) is 18.2. The van der Waals surface area contributed by atoms with Crippen LogP contribution in [0.25, 0.3) is 10.4 Å². The Labute approximate surface area is 188 Å². The average molecular weight is 461 g/mol. The number of piperazine rings is 1. The third-order valence-electron chi connectivity index (χ3n) is 5.37. The Balaban J connectivity index is 1.27.